The standard InChI is InChI=1S/C25H34N4O4S2/c1-27(2)25(31)22-20-14-15-28(3)16-21(20)34-24(22)26-23(30)17-10-12-19(13-11-17)35(32,33)29(4)18-8-6-5-7-9-18/h10-13,18H,5-9,14-16H2,1-4H3,(H,26,30). The zero-order chi connectivity index (χ0) is 25.3. The molecule has 0 radical (unpaired) electrons. The van der Waals surface area contributed by atoms with Crippen LogP contribution in [-0.2, 0) is 23.0 Å². The number of sulfonamides is 1. The van der Waals surface area contributed by atoms with E-state index < -0.39 is 10.0 Å². The van der Waals surface area contributed by atoms with Crippen molar-refractivity contribution in [2.45, 2.75) is 56.0 Å². The SMILES string of the molecule is CN1CCc2c(sc(NC(=O)c3ccc(S(=O)(=O)N(C)C4CCCCC4)cc3)c2C(=O)N(C)C)C1. The van der Waals surface area contributed by atoms with E-state index in [2.05, 4.69) is 10.2 Å². The quantitative estimate of drug-likeness (QED) is 0.631. The molecule has 1 fully saturated rings. The summed E-state index contributed by atoms with van der Waals surface area (Å²) in [4.78, 5) is 31.0. The number of fused-ring (bicyclic) bond motifs is 1. The molecule has 35 heavy (non-hydrogen) atoms. The fourth-order valence-corrected chi connectivity index (χ4v) is 7.56. The van der Waals surface area contributed by atoms with Gasteiger partial charge in [0.25, 0.3) is 11.8 Å². The Morgan fingerprint density at radius 2 is 1.71 bits per heavy atom. The maximum atomic E-state index is 13.1. The van der Waals surface area contributed by atoms with E-state index in [4.69, 9.17) is 0 Å². The van der Waals surface area contributed by atoms with Gasteiger partial charge in [-0.1, -0.05) is 19.3 Å². The van der Waals surface area contributed by atoms with Gasteiger partial charge in [0.2, 0.25) is 10.0 Å². The summed E-state index contributed by atoms with van der Waals surface area (Å²) >= 11 is 1.44. The third kappa shape index (κ3) is 5.30. The molecular formula is C25H34N4O4S2. The molecule has 0 atom stereocenters. The highest BCUT2D eigenvalue weighted by Crippen LogP contribution is 2.37. The number of carbonyl (C=O) groups excluding carboxylic acids is 2. The van der Waals surface area contributed by atoms with Gasteiger partial charge in [-0.25, -0.2) is 8.42 Å². The second kappa shape index (κ2) is 10.4. The van der Waals surface area contributed by atoms with Crippen molar-refractivity contribution in [3.8, 4) is 0 Å². The minimum Gasteiger partial charge on any atom is -0.345 e. The van der Waals surface area contributed by atoms with Gasteiger partial charge in [0.15, 0.2) is 0 Å². The van der Waals surface area contributed by atoms with Crippen molar-refractivity contribution in [1.82, 2.24) is 14.1 Å². The molecule has 8 nitrogen and oxygen atoms in total. The molecule has 1 N–H and O–H groups in total. The molecule has 4 rings (SSSR count). The highest BCUT2D eigenvalue weighted by atomic mass is 32.2. The number of thiophene rings is 1. The molecule has 0 bridgehead atoms. The maximum Gasteiger partial charge on any atom is 0.256 e. The molecule has 2 heterocycles. The average Bonchev–Trinajstić information content (AvgIpc) is 3.20. The predicted octanol–water partition coefficient (Wildman–Crippen LogP) is 3.64. The molecule has 1 aliphatic heterocycles. The summed E-state index contributed by atoms with van der Waals surface area (Å²) in [5.74, 6) is -0.496. The normalized spacial score (nSPS) is 17.3. The number of nitrogens with one attached hydrogen (secondary N) is 1. The summed E-state index contributed by atoms with van der Waals surface area (Å²) in [5.41, 5.74) is 1.91. The number of rotatable bonds is 6. The number of likely N-dealkylation sites (N-methyl/N-ethyl adjacent to an activating group) is 1. The summed E-state index contributed by atoms with van der Waals surface area (Å²) in [5, 5.41) is 3.47. The summed E-state index contributed by atoms with van der Waals surface area (Å²) < 4.78 is 27.7. The van der Waals surface area contributed by atoms with Crippen molar-refractivity contribution in [2.24, 2.45) is 0 Å². The van der Waals surface area contributed by atoms with Crippen LogP contribution in [-0.4, -0.2) is 75.1 Å². The van der Waals surface area contributed by atoms with Gasteiger partial charge in [0.1, 0.15) is 5.00 Å². The van der Waals surface area contributed by atoms with E-state index >= 15 is 0 Å². The van der Waals surface area contributed by atoms with Gasteiger partial charge in [0.05, 0.1) is 10.5 Å². The summed E-state index contributed by atoms with van der Waals surface area (Å²) in [6.45, 7) is 1.60. The first kappa shape index (κ1) is 25.8. The van der Waals surface area contributed by atoms with Gasteiger partial charge in [-0.15, -0.1) is 11.3 Å². The Labute approximate surface area is 212 Å². The lowest BCUT2D eigenvalue weighted by molar-refractivity contribution is 0.0827. The van der Waals surface area contributed by atoms with E-state index in [1.54, 1.807) is 21.1 Å². The monoisotopic (exact) mass is 518 g/mol. The van der Waals surface area contributed by atoms with E-state index in [-0.39, 0.29) is 22.8 Å². The number of carbonyl (C=O) groups is 2. The van der Waals surface area contributed by atoms with Crippen molar-refractivity contribution in [3.63, 3.8) is 0 Å². The van der Waals surface area contributed by atoms with E-state index in [9.17, 15) is 18.0 Å². The van der Waals surface area contributed by atoms with E-state index in [0.717, 1.165) is 62.1 Å². The highest BCUT2D eigenvalue weighted by Gasteiger charge is 2.30. The Morgan fingerprint density at radius 3 is 2.34 bits per heavy atom. The largest absolute Gasteiger partial charge is 0.345 e. The highest BCUT2D eigenvalue weighted by molar-refractivity contribution is 7.89. The Hall–Kier alpha value is -2.27. The van der Waals surface area contributed by atoms with Crippen molar-refractivity contribution >= 4 is 38.2 Å². The third-order valence-corrected chi connectivity index (χ3v) is 10.0. The Bertz CT molecular complexity index is 1200. The van der Waals surface area contributed by atoms with Crippen molar-refractivity contribution < 1.29 is 18.0 Å². The van der Waals surface area contributed by atoms with Crippen LogP contribution in [0.25, 0.3) is 0 Å². The van der Waals surface area contributed by atoms with Crippen LogP contribution >= 0.6 is 11.3 Å². The van der Waals surface area contributed by atoms with Crippen LogP contribution in [0.3, 0.4) is 0 Å². The molecular weight excluding hydrogens is 484 g/mol. The maximum absolute atomic E-state index is 13.1. The van der Waals surface area contributed by atoms with E-state index in [1.807, 2.05) is 7.05 Å². The summed E-state index contributed by atoms with van der Waals surface area (Å²) in [6, 6.07) is 6.07. The van der Waals surface area contributed by atoms with Gasteiger partial charge >= 0.3 is 0 Å². The third-order valence-electron chi connectivity index (χ3n) is 6.98. The minimum atomic E-state index is -3.63. The van der Waals surface area contributed by atoms with Crippen molar-refractivity contribution in [3.05, 3.63) is 45.8 Å². The Kier molecular flexibility index (Phi) is 7.65. The van der Waals surface area contributed by atoms with Crippen LogP contribution in [0.15, 0.2) is 29.2 Å². The first-order valence-corrected chi connectivity index (χ1v) is 14.3. The molecule has 1 aromatic carbocycles. The molecule has 190 valence electrons. The molecule has 0 unspecified atom stereocenters. The minimum absolute atomic E-state index is 0.0216. The number of nitrogens with zero attached hydrogens (tertiary/aromatic N) is 3. The lowest BCUT2D eigenvalue weighted by Crippen LogP contribution is -2.38. The topological polar surface area (TPSA) is 90.0 Å². The molecule has 0 spiro atoms. The van der Waals surface area contributed by atoms with E-state index in [0.29, 0.717) is 16.1 Å². The number of amides is 2. The smallest absolute Gasteiger partial charge is 0.256 e. The lowest BCUT2D eigenvalue weighted by atomic mass is 9.96. The van der Waals surface area contributed by atoms with Crippen LogP contribution in [0, 0.1) is 0 Å². The average molecular weight is 519 g/mol. The molecule has 10 heteroatoms. The lowest BCUT2D eigenvalue weighted by Gasteiger charge is -2.30. The second-order valence-corrected chi connectivity index (χ2v) is 12.8. The Morgan fingerprint density at radius 1 is 1.06 bits per heavy atom. The van der Waals surface area contributed by atoms with Crippen LogP contribution in [0.5, 0.6) is 0 Å². The van der Waals surface area contributed by atoms with Gasteiger partial charge in [-0.05, 0) is 56.1 Å². The molecule has 2 aliphatic rings. The fourth-order valence-electron chi connectivity index (χ4n) is 4.83. The first-order chi connectivity index (χ1) is 16.6. The predicted molar refractivity (Wildman–Crippen MR) is 139 cm³/mol. The zero-order valence-electron chi connectivity index (χ0n) is 20.8. The van der Waals surface area contributed by atoms with E-state index in [1.165, 1.54) is 44.8 Å². The van der Waals surface area contributed by atoms with Crippen molar-refractivity contribution in [2.75, 3.05) is 40.1 Å². The number of anilines is 1. The molecule has 2 amide bonds. The van der Waals surface area contributed by atoms with Crippen LogP contribution < -0.4 is 5.32 Å². The van der Waals surface area contributed by atoms with Gasteiger partial charge in [-0.2, -0.15) is 4.31 Å². The molecule has 1 aliphatic carbocycles. The fraction of sp³-hybridized carbons (Fsp3) is 0.520. The van der Waals surface area contributed by atoms with Crippen LogP contribution in [0.4, 0.5) is 5.00 Å². The van der Waals surface area contributed by atoms with Crippen LogP contribution in [0.2, 0.25) is 0 Å². The Balaban J connectivity index is 1.55. The number of hydrogen-bond donors (Lipinski definition) is 1. The summed E-state index contributed by atoms with van der Waals surface area (Å²) in [7, 11) is 3.47. The van der Waals surface area contributed by atoms with Gasteiger partial charge in [-0.3, -0.25) is 9.59 Å². The molecule has 1 aromatic heterocycles. The number of hydrogen-bond acceptors (Lipinski definition) is 6. The zero-order valence-corrected chi connectivity index (χ0v) is 22.5. The molecule has 0 saturated heterocycles. The van der Waals surface area contributed by atoms with Crippen molar-refractivity contribution in [1.29, 1.82) is 0 Å². The van der Waals surface area contributed by atoms with Gasteiger partial charge in [0, 0.05) is 50.7 Å². The summed E-state index contributed by atoms with van der Waals surface area (Å²) in [6.07, 6.45) is 5.76. The number of benzene rings is 1. The first-order valence-electron chi connectivity index (χ1n) is 12.0. The molecule has 1 saturated carbocycles. The molecule has 2 aromatic rings. The van der Waals surface area contributed by atoms with Crippen LogP contribution in [0.1, 0.15) is 63.3 Å². The van der Waals surface area contributed by atoms with Gasteiger partial charge < -0.3 is 15.1 Å². The second-order valence-electron chi connectivity index (χ2n) is 9.69.